The Bertz CT molecular complexity index is 924. The molecule has 1 unspecified atom stereocenters. The molecule has 8 nitrogen and oxygen atoms in total. The van der Waals surface area contributed by atoms with E-state index < -0.39 is 79.8 Å². The van der Waals surface area contributed by atoms with Gasteiger partial charge in [-0.2, -0.15) is 13.2 Å². The summed E-state index contributed by atoms with van der Waals surface area (Å²) >= 11 is 0. The molecule has 3 rings (SSSR count). The number of aromatic nitrogens is 2. The standard InChI is InChI=1S/C19H19F4N5O3/c20-11-7-14(28(9-11)17(31)18(4-5-18)19(21,22)23)16(30)27-13(8-15(24)29)2-1-12-3-6-25-10-26-12/h3,6,10-11,13-14H,4-5,7-9H2,(H2,24,29)(H,27,30)/t11?,13-,14+/m1/s1. The van der Waals surface area contributed by atoms with E-state index in [9.17, 15) is 31.9 Å². The van der Waals surface area contributed by atoms with Crippen LogP contribution in [-0.4, -0.2) is 63.6 Å². The lowest BCUT2D eigenvalue weighted by Gasteiger charge is -2.29. The Balaban J connectivity index is 1.76. The summed E-state index contributed by atoms with van der Waals surface area (Å²) in [4.78, 5) is 44.8. The van der Waals surface area contributed by atoms with Crippen LogP contribution < -0.4 is 11.1 Å². The van der Waals surface area contributed by atoms with Gasteiger partial charge in [-0.3, -0.25) is 14.4 Å². The highest BCUT2D eigenvalue weighted by atomic mass is 19.4. The monoisotopic (exact) mass is 441 g/mol. The molecule has 1 aromatic rings. The predicted molar refractivity (Wildman–Crippen MR) is 97.4 cm³/mol. The van der Waals surface area contributed by atoms with Crippen LogP contribution in [0.3, 0.4) is 0 Å². The zero-order valence-electron chi connectivity index (χ0n) is 16.2. The fraction of sp³-hybridized carbons (Fsp3) is 0.526. The normalized spacial score (nSPS) is 22.8. The largest absolute Gasteiger partial charge is 0.403 e. The van der Waals surface area contributed by atoms with Crippen LogP contribution in [0.2, 0.25) is 0 Å². The van der Waals surface area contributed by atoms with Crippen LogP contribution in [0, 0.1) is 17.3 Å². The van der Waals surface area contributed by atoms with Crippen LogP contribution in [0.4, 0.5) is 17.6 Å². The van der Waals surface area contributed by atoms with E-state index >= 15 is 0 Å². The van der Waals surface area contributed by atoms with Gasteiger partial charge in [0.25, 0.3) is 0 Å². The molecule has 0 radical (unpaired) electrons. The van der Waals surface area contributed by atoms with Gasteiger partial charge >= 0.3 is 6.18 Å². The van der Waals surface area contributed by atoms with Crippen LogP contribution in [-0.2, 0) is 14.4 Å². The Labute approximate surface area is 174 Å². The van der Waals surface area contributed by atoms with Crippen molar-refractivity contribution in [1.29, 1.82) is 0 Å². The van der Waals surface area contributed by atoms with Crippen LogP contribution in [0.15, 0.2) is 18.6 Å². The van der Waals surface area contributed by atoms with Gasteiger partial charge in [-0.1, -0.05) is 5.92 Å². The van der Waals surface area contributed by atoms with Gasteiger partial charge in [0.1, 0.15) is 29.6 Å². The molecule has 12 heteroatoms. The van der Waals surface area contributed by atoms with Gasteiger partial charge in [0.05, 0.1) is 19.0 Å². The molecule has 3 amide bonds. The molecular formula is C19H19F4N5O3. The average Bonchev–Trinajstić information content (AvgIpc) is 3.43. The lowest BCUT2D eigenvalue weighted by molar-refractivity contribution is -0.199. The first kappa shape index (κ1) is 22.5. The molecule has 0 bridgehead atoms. The molecule has 3 N–H and O–H groups in total. The lowest BCUT2D eigenvalue weighted by atomic mass is 10.0. The minimum atomic E-state index is -4.78. The fourth-order valence-corrected chi connectivity index (χ4v) is 3.41. The lowest BCUT2D eigenvalue weighted by Crippen LogP contribution is -2.52. The van der Waals surface area contributed by atoms with Gasteiger partial charge in [0.2, 0.25) is 17.7 Å². The van der Waals surface area contributed by atoms with Crippen molar-refractivity contribution in [3.05, 3.63) is 24.3 Å². The summed E-state index contributed by atoms with van der Waals surface area (Å²) in [7, 11) is 0. The number of amides is 3. The molecular weight excluding hydrogens is 422 g/mol. The Morgan fingerprint density at radius 1 is 1.35 bits per heavy atom. The number of carbonyl (C=O) groups is 3. The second-order valence-corrected chi connectivity index (χ2v) is 7.48. The van der Waals surface area contributed by atoms with Crippen molar-refractivity contribution >= 4 is 17.7 Å². The Kier molecular flexibility index (Phi) is 6.15. The van der Waals surface area contributed by atoms with Crippen molar-refractivity contribution in [3.63, 3.8) is 0 Å². The first-order valence-electron chi connectivity index (χ1n) is 9.41. The summed E-state index contributed by atoms with van der Waals surface area (Å²) in [6.07, 6.45) is -5.40. The molecule has 2 heterocycles. The summed E-state index contributed by atoms with van der Waals surface area (Å²) in [6.45, 7) is -0.609. The molecule has 1 saturated carbocycles. The number of nitrogens with one attached hydrogen (secondary N) is 1. The second kappa shape index (κ2) is 8.49. The van der Waals surface area contributed by atoms with Crippen molar-refractivity contribution in [2.24, 2.45) is 11.1 Å². The molecule has 1 aliphatic carbocycles. The second-order valence-electron chi connectivity index (χ2n) is 7.48. The zero-order chi connectivity index (χ0) is 22.8. The van der Waals surface area contributed by atoms with Crippen molar-refractivity contribution in [2.75, 3.05) is 6.54 Å². The topological polar surface area (TPSA) is 118 Å². The van der Waals surface area contributed by atoms with E-state index in [1.165, 1.54) is 18.6 Å². The van der Waals surface area contributed by atoms with Crippen LogP contribution in [0.25, 0.3) is 0 Å². The zero-order valence-corrected chi connectivity index (χ0v) is 16.2. The van der Waals surface area contributed by atoms with Gasteiger partial charge in [-0.05, 0) is 24.8 Å². The molecule has 1 aliphatic heterocycles. The van der Waals surface area contributed by atoms with E-state index in [1.54, 1.807) is 0 Å². The van der Waals surface area contributed by atoms with Crippen LogP contribution >= 0.6 is 0 Å². The smallest absolute Gasteiger partial charge is 0.370 e. The minimum absolute atomic E-state index is 0.293. The highest BCUT2D eigenvalue weighted by Crippen LogP contribution is 2.59. The fourth-order valence-electron chi connectivity index (χ4n) is 3.41. The number of nitrogens with zero attached hydrogens (tertiary/aromatic N) is 3. The molecule has 0 spiro atoms. The number of carbonyl (C=O) groups excluding carboxylic acids is 3. The molecule has 2 aliphatic rings. The quantitative estimate of drug-likeness (QED) is 0.509. The number of primary amides is 1. The maximum Gasteiger partial charge on any atom is 0.403 e. The molecule has 166 valence electrons. The van der Waals surface area contributed by atoms with E-state index in [-0.39, 0.29) is 0 Å². The van der Waals surface area contributed by atoms with Gasteiger partial charge in [0, 0.05) is 12.6 Å². The number of hydrogen-bond acceptors (Lipinski definition) is 5. The number of likely N-dealkylation sites (tertiary alicyclic amines) is 1. The third kappa shape index (κ3) is 4.92. The molecule has 3 atom stereocenters. The maximum atomic E-state index is 14.0. The van der Waals surface area contributed by atoms with E-state index in [1.807, 2.05) is 0 Å². The minimum Gasteiger partial charge on any atom is -0.370 e. The van der Waals surface area contributed by atoms with Crippen molar-refractivity contribution in [1.82, 2.24) is 20.2 Å². The van der Waals surface area contributed by atoms with Crippen LogP contribution in [0.5, 0.6) is 0 Å². The summed E-state index contributed by atoms with van der Waals surface area (Å²) in [6, 6.07) is -1.07. The number of nitrogens with two attached hydrogens (primary N) is 1. The van der Waals surface area contributed by atoms with E-state index in [0.29, 0.717) is 10.6 Å². The van der Waals surface area contributed by atoms with Crippen molar-refractivity contribution in [2.45, 2.75) is 50.1 Å². The molecule has 0 aromatic carbocycles. The first-order chi connectivity index (χ1) is 14.5. The highest BCUT2D eigenvalue weighted by Gasteiger charge is 2.70. The number of halogens is 4. The molecule has 1 aromatic heterocycles. The van der Waals surface area contributed by atoms with E-state index in [0.717, 1.165) is 0 Å². The molecule has 31 heavy (non-hydrogen) atoms. The summed E-state index contributed by atoms with van der Waals surface area (Å²) in [5, 5.41) is 2.38. The van der Waals surface area contributed by atoms with E-state index in [2.05, 4.69) is 27.1 Å². The maximum absolute atomic E-state index is 14.0. The molecule has 2 fully saturated rings. The highest BCUT2D eigenvalue weighted by molar-refractivity contribution is 5.93. The van der Waals surface area contributed by atoms with Gasteiger partial charge in [-0.15, -0.1) is 0 Å². The average molecular weight is 441 g/mol. The van der Waals surface area contributed by atoms with E-state index in [4.69, 9.17) is 5.73 Å². The summed E-state index contributed by atoms with van der Waals surface area (Å²) < 4.78 is 54.0. The van der Waals surface area contributed by atoms with Gasteiger partial charge < -0.3 is 16.0 Å². The van der Waals surface area contributed by atoms with Crippen molar-refractivity contribution in [3.8, 4) is 11.8 Å². The SMILES string of the molecule is NC(=O)C[C@@H](C#Cc1ccncn1)NC(=O)[C@@H]1CC(F)CN1C(=O)C1(C(F)(F)F)CC1. The first-order valence-corrected chi connectivity index (χ1v) is 9.41. The number of rotatable bonds is 5. The van der Waals surface area contributed by atoms with Gasteiger partial charge in [0.15, 0.2) is 0 Å². The summed E-state index contributed by atoms with van der Waals surface area (Å²) in [5.41, 5.74) is 2.90. The Hall–Kier alpha value is -3.23. The predicted octanol–water partition coefficient (Wildman–Crippen LogP) is 0.470. The third-order valence-corrected chi connectivity index (χ3v) is 5.19. The van der Waals surface area contributed by atoms with Crippen molar-refractivity contribution < 1.29 is 31.9 Å². The Morgan fingerprint density at radius 2 is 2.06 bits per heavy atom. The number of hydrogen-bond donors (Lipinski definition) is 2. The summed E-state index contributed by atoms with van der Waals surface area (Å²) in [5.74, 6) is 2.20. The number of alkyl halides is 4. The Morgan fingerprint density at radius 3 is 2.61 bits per heavy atom. The molecule has 1 saturated heterocycles. The van der Waals surface area contributed by atoms with Gasteiger partial charge in [-0.25, -0.2) is 14.4 Å². The third-order valence-electron chi connectivity index (χ3n) is 5.19. The van der Waals surface area contributed by atoms with Crippen LogP contribution in [0.1, 0.15) is 31.4 Å².